The number of hydrogen-bond acceptors (Lipinski definition) is 12. The third-order valence-corrected chi connectivity index (χ3v) is 7.36. The Morgan fingerprint density at radius 2 is 1.48 bits per heavy atom. The summed E-state index contributed by atoms with van der Waals surface area (Å²) in [7, 11) is 0. The highest BCUT2D eigenvalue weighted by molar-refractivity contribution is 8.00. The van der Waals surface area contributed by atoms with Gasteiger partial charge in [-0.2, -0.15) is 0 Å². The number of hydrogen-bond donors (Lipinski definition) is 2. The van der Waals surface area contributed by atoms with E-state index in [1.165, 1.54) is 27.7 Å². The van der Waals surface area contributed by atoms with Crippen LogP contribution in [0.25, 0.3) is 0 Å². The zero-order chi connectivity index (χ0) is 29.6. The Morgan fingerprint density at radius 3 is 2.02 bits per heavy atom. The van der Waals surface area contributed by atoms with Crippen LogP contribution in [0.1, 0.15) is 64.3 Å². The number of nitrogens with two attached hydrogens (primary N) is 1. The van der Waals surface area contributed by atoms with Gasteiger partial charge in [0, 0.05) is 51.1 Å². The molecule has 0 spiro atoms. The molecule has 0 bridgehead atoms. The number of ether oxygens (including phenoxy) is 5. The average molecular weight is 578 g/mol. The molecule has 12 nitrogen and oxygen atoms in total. The zero-order valence-corrected chi connectivity index (χ0v) is 24.1. The highest BCUT2D eigenvalue weighted by Crippen LogP contribution is 2.40. The molecular formula is C27H35N3O9S. The van der Waals surface area contributed by atoms with Crippen LogP contribution in [0, 0.1) is 0 Å². The molecule has 1 saturated heterocycles. The monoisotopic (exact) mass is 577 g/mol. The van der Waals surface area contributed by atoms with Gasteiger partial charge in [-0.05, 0) is 23.6 Å². The lowest BCUT2D eigenvalue weighted by Crippen LogP contribution is -2.59. The quantitative estimate of drug-likeness (QED) is 0.241. The van der Waals surface area contributed by atoms with Crippen LogP contribution in [0.15, 0.2) is 24.3 Å². The Labute approximate surface area is 236 Å². The molecule has 0 radical (unpaired) electrons. The summed E-state index contributed by atoms with van der Waals surface area (Å²) in [5.74, 6) is -2.23. The number of anilines is 1. The third-order valence-electron chi connectivity index (χ3n) is 5.98. The van der Waals surface area contributed by atoms with Gasteiger partial charge in [0.05, 0.1) is 5.25 Å². The molecule has 218 valence electrons. The van der Waals surface area contributed by atoms with Crippen molar-refractivity contribution >= 4 is 41.3 Å². The summed E-state index contributed by atoms with van der Waals surface area (Å²) >= 11 is 1.12. The van der Waals surface area contributed by atoms with Crippen LogP contribution in [0.4, 0.5) is 5.69 Å². The molecule has 5 atom stereocenters. The van der Waals surface area contributed by atoms with Crippen molar-refractivity contribution in [1.82, 2.24) is 10.2 Å². The smallest absolute Gasteiger partial charge is 0.303 e. The van der Waals surface area contributed by atoms with E-state index in [1.807, 2.05) is 26.0 Å². The SMILES string of the molecule is CC(=O)OC[C@H]1S[C@@H](Oc2n[nH]c(C(C)C)c2Cc2ccc(N)cc2)[C@H](OC(C)=O)[C@@H](OC(C)=O)[C@@H]1OC(C)=O. The molecule has 1 aromatic heterocycles. The number of carbonyl (C=O) groups is 4. The highest BCUT2D eigenvalue weighted by atomic mass is 32.2. The van der Waals surface area contributed by atoms with Crippen molar-refractivity contribution in [2.24, 2.45) is 0 Å². The second kappa shape index (κ2) is 13.6. The van der Waals surface area contributed by atoms with Crippen LogP contribution < -0.4 is 10.5 Å². The predicted molar refractivity (Wildman–Crippen MR) is 145 cm³/mol. The number of nitrogen functional groups attached to an aromatic ring is 1. The largest absolute Gasteiger partial charge is 0.465 e. The van der Waals surface area contributed by atoms with Crippen molar-refractivity contribution in [1.29, 1.82) is 0 Å². The van der Waals surface area contributed by atoms with Crippen molar-refractivity contribution in [2.75, 3.05) is 12.3 Å². The molecule has 13 heteroatoms. The first kappa shape index (κ1) is 30.8. The first-order chi connectivity index (χ1) is 18.8. The van der Waals surface area contributed by atoms with Crippen LogP contribution in [0.5, 0.6) is 5.88 Å². The summed E-state index contributed by atoms with van der Waals surface area (Å²) in [5, 5.41) is 6.72. The Morgan fingerprint density at radius 1 is 0.900 bits per heavy atom. The van der Waals surface area contributed by atoms with Gasteiger partial charge in [0.15, 0.2) is 23.7 Å². The fraction of sp³-hybridized carbons (Fsp3) is 0.519. The fourth-order valence-corrected chi connectivity index (χ4v) is 5.71. The van der Waals surface area contributed by atoms with E-state index in [0.717, 1.165) is 28.6 Å². The number of aromatic nitrogens is 2. The molecule has 40 heavy (non-hydrogen) atoms. The van der Waals surface area contributed by atoms with E-state index in [2.05, 4.69) is 10.2 Å². The van der Waals surface area contributed by atoms with Crippen LogP contribution in [0.3, 0.4) is 0 Å². The van der Waals surface area contributed by atoms with Crippen molar-refractivity contribution in [2.45, 2.75) is 82.9 Å². The van der Waals surface area contributed by atoms with Crippen LogP contribution in [-0.4, -0.2) is 69.7 Å². The average Bonchev–Trinajstić information content (AvgIpc) is 3.24. The van der Waals surface area contributed by atoms with E-state index >= 15 is 0 Å². The summed E-state index contributed by atoms with van der Waals surface area (Å²) in [5.41, 5.74) is 8.10. The number of esters is 4. The van der Waals surface area contributed by atoms with Gasteiger partial charge in [-0.15, -0.1) is 16.9 Å². The summed E-state index contributed by atoms with van der Waals surface area (Å²) in [6.45, 7) is 8.67. The van der Waals surface area contributed by atoms with E-state index in [1.54, 1.807) is 12.1 Å². The molecule has 3 N–H and O–H groups in total. The maximum atomic E-state index is 12.2. The zero-order valence-electron chi connectivity index (χ0n) is 23.3. The van der Waals surface area contributed by atoms with Gasteiger partial charge in [-0.25, -0.2) is 0 Å². The van der Waals surface area contributed by atoms with Crippen LogP contribution in [0.2, 0.25) is 0 Å². The Kier molecular flexibility index (Phi) is 10.4. The second-order valence-corrected chi connectivity index (χ2v) is 11.0. The first-order valence-corrected chi connectivity index (χ1v) is 13.7. The maximum absolute atomic E-state index is 12.2. The van der Waals surface area contributed by atoms with Crippen LogP contribution >= 0.6 is 11.8 Å². The molecule has 0 unspecified atom stereocenters. The number of aromatic amines is 1. The minimum Gasteiger partial charge on any atom is -0.465 e. The first-order valence-electron chi connectivity index (χ1n) is 12.7. The lowest BCUT2D eigenvalue weighted by molar-refractivity contribution is -0.190. The minimum atomic E-state index is -1.25. The predicted octanol–water partition coefficient (Wildman–Crippen LogP) is 2.88. The Bertz CT molecular complexity index is 1210. The number of nitrogens with zero attached hydrogens (tertiary/aromatic N) is 1. The number of H-pyrrole nitrogens is 1. The molecule has 3 rings (SSSR count). The third kappa shape index (κ3) is 8.13. The van der Waals surface area contributed by atoms with E-state index < -0.39 is 52.9 Å². The van der Waals surface area contributed by atoms with Crippen molar-refractivity contribution in [3.8, 4) is 5.88 Å². The Hall–Kier alpha value is -3.74. The molecule has 1 aliphatic heterocycles. The second-order valence-electron chi connectivity index (χ2n) is 9.68. The lowest BCUT2D eigenvalue weighted by atomic mass is 9.99. The molecule has 0 saturated carbocycles. The van der Waals surface area contributed by atoms with Crippen molar-refractivity contribution in [3.05, 3.63) is 41.1 Å². The van der Waals surface area contributed by atoms with Crippen molar-refractivity contribution < 1.29 is 42.9 Å². The molecular weight excluding hydrogens is 542 g/mol. The molecule has 1 fully saturated rings. The fourth-order valence-electron chi connectivity index (χ4n) is 4.34. The van der Waals surface area contributed by atoms with Crippen molar-refractivity contribution in [3.63, 3.8) is 0 Å². The molecule has 2 aromatic rings. The highest BCUT2D eigenvalue weighted by Gasteiger charge is 2.53. The molecule has 1 aliphatic rings. The maximum Gasteiger partial charge on any atom is 0.303 e. The number of carbonyl (C=O) groups excluding carboxylic acids is 4. The van der Waals surface area contributed by atoms with E-state index in [4.69, 9.17) is 29.4 Å². The van der Waals surface area contributed by atoms with Gasteiger partial charge in [0.25, 0.3) is 0 Å². The van der Waals surface area contributed by atoms with Gasteiger partial charge in [0.2, 0.25) is 5.88 Å². The van der Waals surface area contributed by atoms with E-state index in [9.17, 15) is 19.2 Å². The number of thioether (sulfide) groups is 1. The normalized spacial score (nSPS) is 22.3. The molecule has 2 heterocycles. The van der Waals surface area contributed by atoms with E-state index in [-0.39, 0.29) is 18.4 Å². The van der Waals surface area contributed by atoms with Crippen LogP contribution in [-0.2, 0) is 44.5 Å². The Balaban J connectivity index is 2.04. The van der Waals surface area contributed by atoms with Gasteiger partial charge >= 0.3 is 23.9 Å². The summed E-state index contributed by atoms with van der Waals surface area (Å²) in [6.07, 6.45) is -3.07. The van der Waals surface area contributed by atoms with Gasteiger partial charge in [-0.3, -0.25) is 24.3 Å². The van der Waals surface area contributed by atoms with Gasteiger partial charge < -0.3 is 29.4 Å². The van der Waals surface area contributed by atoms with Gasteiger partial charge in [0.1, 0.15) is 6.61 Å². The topological polar surface area (TPSA) is 169 Å². The number of nitrogens with one attached hydrogen (secondary N) is 1. The summed E-state index contributed by atoms with van der Waals surface area (Å²) in [6, 6.07) is 7.42. The van der Waals surface area contributed by atoms with E-state index in [0.29, 0.717) is 12.1 Å². The molecule has 1 aromatic carbocycles. The number of benzene rings is 1. The lowest BCUT2D eigenvalue weighted by Gasteiger charge is -2.43. The standard InChI is InChI=1S/C27H35N3O9S/c1-13(2)22-20(11-18-7-9-19(28)10-8-18)26(30-29-22)39-27-25(38-17(6)34)24(37-16(5)33)23(36-15(4)32)21(40-27)12-35-14(3)31/h7-10,13,21,23-25,27H,11-12,28H2,1-6H3,(H,29,30)/t21-,23-,24+,25-,27-/m1/s1. The molecule has 0 amide bonds. The molecule has 0 aliphatic carbocycles. The van der Waals surface area contributed by atoms with Gasteiger partial charge in [-0.1, -0.05) is 26.0 Å². The summed E-state index contributed by atoms with van der Waals surface area (Å²) < 4.78 is 28.2. The minimum absolute atomic E-state index is 0.0794. The summed E-state index contributed by atoms with van der Waals surface area (Å²) in [4.78, 5) is 47.9. The number of rotatable bonds is 10.